The zero-order valence-electron chi connectivity index (χ0n) is 11.1. The minimum Gasteiger partial charge on any atom is -0.396 e. The highest BCUT2D eigenvalue weighted by atomic mass is 16.2. The molecule has 7 heteroatoms. The molecule has 1 heterocycles. The third kappa shape index (κ3) is 2.99. The number of nitrogen functional groups attached to an aromatic ring is 1. The van der Waals surface area contributed by atoms with Crippen LogP contribution in [0.3, 0.4) is 0 Å². The first kappa shape index (κ1) is 14.0. The molecular weight excluding hydrogens is 234 g/mol. The van der Waals surface area contributed by atoms with Crippen LogP contribution in [0.25, 0.3) is 0 Å². The van der Waals surface area contributed by atoms with Crippen molar-refractivity contribution < 1.29 is 9.59 Å². The molecule has 3 N–H and O–H groups in total. The Morgan fingerprint density at radius 2 is 2.06 bits per heavy atom. The van der Waals surface area contributed by atoms with Crippen molar-refractivity contribution in [2.24, 2.45) is 0 Å². The van der Waals surface area contributed by atoms with E-state index in [0.29, 0.717) is 11.4 Å². The summed E-state index contributed by atoms with van der Waals surface area (Å²) in [7, 11) is 3.11. The molecule has 0 saturated carbocycles. The first-order valence-corrected chi connectivity index (χ1v) is 5.60. The van der Waals surface area contributed by atoms with Crippen molar-refractivity contribution in [3.63, 3.8) is 0 Å². The van der Waals surface area contributed by atoms with E-state index in [1.54, 1.807) is 25.6 Å². The second-order valence-corrected chi connectivity index (χ2v) is 4.17. The van der Waals surface area contributed by atoms with Crippen LogP contribution in [0.15, 0.2) is 0 Å². The lowest BCUT2D eigenvalue weighted by atomic mass is 10.3. The highest BCUT2D eigenvalue weighted by Crippen LogP contribution is 2.14. The number of rotatable bonds is 4. The maximum atomic E-state index is 11.9. The van der Waals surface area contributed by atoms with Gasteiger partial charge in [-0.1, -0.05) is 0 Å². The van der Waals surface area contributed by atoms with Gasteiger partial charge in [0.15, 0.2) is 0 Å². The second-order valence-electron chi connectivity index (χ2n) is 4.17. The highest BCUT2D eigenvalue weighted by Gasteiger charge is 2.15. The van der Waals surface area contributed by atoms with E-state index in [0.717, 1.165) is 5.69 Å². The molecule has 100 valence electrons. The van der Waals surface area contributed by atoms with Crippen molar-refractivity contribution in [1.29, 1.82) is 0 Å². The quantitative estimate of drug-likeness (QED) is 0.741. The van der Waals surface area contributed by atoms with E-state index < -0.39 is 0 Å². The summed E-state index contributed by atoms with van der Waals surface area (Å²) in [5, 5.41) is 6.64. The Morgan fingerprint density at radius 3 is 2.50 bits per heavy atom. The van der Waals surface area contributed by atoms with Gasteiger partial charge in [0, 0.05) is 14.1 Å². The minimum absolute atomic E-state index is 0.0319. The van der Waals surface area contributed by atoms with Crippen LogP contribution < -0.4 is 11.1 Å². The summed E-state index contributed by atoms with van der Waals surface area (Å²) in [4.78, 5) is 24.4. The number of aryl methyl sites for hydroxylation is 1. The minimum atomic E-state index is -0.210. The van der Waals surface area contributed by atoms with E-state index in [1.165, 1.54) is 11.9 Å². The van der Waals surface area contributed by atoms with Crippen molar-refractivity contribution in [1.82, 2.24) is 20.0 Å². The molecule has 0 bridgehead atoms. The van der Waals surface area contributed by atoms with Crippen LogP contribution in [-0.2, 0) is 16.1 Å². The third-order valence-electron chi connectivity index (χ3n) is 2.81. The van der Waals surface area contributed by atoms with E-state index in [2.05, 4.69) is 10.4 Å². The number of nitrogens with two attached hydrogens (primary N) is 1. The Hall–Kier alpha value is -2.05. The molecule has 0 aliphatic rings. The number of hydrogen-bond donors (Lipinski definition) is 2. The highest BCUT2D eigenvalue weighted by molar-refractivity contribution is 5.84. The molecule has 1 aromatic rings. The Labute approximate surface area is 106 Å². The lowest BCUT2D eigenvalue weighted by Gasteiger charge is -2.16. The van der Waals surface area contributed by atoms with Gasteiger partial charge in [-0.25, -0.2) is 0 Å². The summed E-state index contributed by atoms with van der Waals surface area (Å²) >= 11 is 0. The summed E-state index contributed by atoms with van der Waals surface area (Å²) < 4.78 is 1.55. The number of nitrogens with zero attached hydrogens (tertiary/aromatic N) is 3. The van der Waals surface area contributed by atoms with Crippen LogP contribution in [-0.4, -0.2) is 47.1 Å². The standard InChI is InChI=1S/C11H19N5O2/c1-7-11(12)8(2)16(14-7)6-10(18)15(4)5-9(17)13-3/h5-6,12H2,1-4H3,(H,13,17). The summed E-state index contributed by atoms with van der Waals surface area (Å²) in [5.41, 5.74) is 7.84. The Balaban J connectivity index is 2.69. The van der Waals surface area contributed by atoms with E-state index in [4.69, 9.17) is 5.73 Å². The zero-order chi connectivity index (χ0) is 13.9. The van der Waals surface area contributed by atoms with E-state index in [9.17, 15) is 9.59 Å². The molecule has 0 aliphatic carbocycles. The molecular formula is C11H19N5O2. The van der Waals surface area contributed by atoms with Crippen LogP contribution in [0.1, 0.15) is 11.4 Å². The lowest BCUT2D eigenvalue weighted by Crippen LogP contribution is -2.38. The van der Waals surface area contributed by atoms with Crippen LogP contribution >= 0.6 is 0 Å². The fraction of sp³-hybridized carbons (Fsp3) is 0.545. The van der Waals surface area contributed by atoms with E-state index in [1.807, 2.05) is 0 Å². The van der Waals surface area contributed by atoms with Crippen LogP contribution in [0.2, 0.25) is 0 Å². The Morgan fingerprint density at radius 1 is 1.44 bits per heavy atom. The van der Waals surface area contributed by atoms with Crippen molar-refractivity contribution >= 4 is 17.5 Å². The molecule has 2 amide bonds. The molecule has 0 saturated heterocycles. The number of amides is 2. The SMILES string of the molecule is CNC(=O)CN(C)C(=O)Cn1nc(C)c(N)c1C. The normalized spacial score (nSPS) is 10.2. The van der Waals surface area contributed by atoms with Crippen molar-refractivity contribution in [3.05, 3.63) is 11.4 Å². The van der Waals surface area contributed by atoms with Crippen molar-refractivity contribution in [3.8, 4) is 0 Å². The van der Waals surface area contributed by atoms with Gasteiger partial charge in [-0.2, -0.15) is 5.10 Å². The summed E-state index contributed by atoms with van der Waals surface area (Å²) in [6.07, 6.45) is 0. The fourth-order valence-electron chi connectivity index (χ4n) is 1.50. The zero-order valence-corrected chi connectivity index (χ0v) is 11.1. The van der Waals surface area contributed by atoms with E-state index >= 15 is 0 Å². The fourth-order valence-corrected chi connectivity index (χ4v) is 1.50. The van der Waals surface area contributed by atoms with Gasteiger partial charge in [0.1, 0.15) is 6.54 Å². The number of aromatic nitrogens is 2. The molecule has 0 radical (unpaired) electrons. The molecule has 0 atom stereocenters. The van der Waals surface area contributed by atoms with Gasteiger partial charge in [-0.3, -0.25) is 14.3 Å². The average Bonchev–Trinajstić information content (AvgIpc) is 2.56. The largest absolute Gasteiger partial charge is 0.396 e. The van der Waals surface area contributed by atoms with Gasteiger partial charge >= 0.3 is 0 Å². The smallest absolute Gasteiger partial charge is 0.244 e. The van der Waals surface area contributed by atoms with Gasteiger partial charge < -0.3 is 16.0 Å². The predicted octanol–water partition coefficient (Wildman–Crippen LogP) is -0.713. The Bertz CT molecular complexity index is 466. The molecule has 0 unspecified atom stereocenters. The summed E-state index contributed by atoms with van der Waals surface area (Å²) in [6, 6.07) is 0. The molecule has 1 rings (SSSR count). The van der Waals surface area contributed by atoms with E-state index in [-0.39, 0.29) is 24.9 Å². The number of carbonyl (C=O) groups is 2. The Kier molecular flexibility index (Phi) is 4.30. The average molecular weight is 253 g/mol. The van der Waals surface area contributed by atoms with Gasteiger partial charge in [-0.15, -0.1) is 0 Å². The molecule has 1 aromatic heterocycles. The maximum Gasteiger partial charge on any atom is 0.244 e. The van der Waals surface area contributed by atoms with Crippen LogP contribution in [0.5, 0.6) is 0 Å². The molecule has 0 spiro atoms. The number of likely N-dealkylation sites (N-methyl/N-ethyl adjacent to an activating group) is 2. The number of anilines is 1. The lowest BCUT2D eigenvalue weighted by molar-refractivity contribution is -0.135. The summed E-state index contributed by atoms with van der Waals surface area (Å²) in [5.74, 6) is -0.400. The maximum absolute atomic E-state index is 11.9. The second kappa shape index (κ2) is 5.52. The predicted molar refractivity (Wildman–Crippen MR) is 67.8 cm³/mol. The number of carbonyl (C=O) groups excluding carboxylic acids is 2. The first-order chi connectivity index (χ1) is 8.36. The number of hydrogen-bond acceptors (Lipinski definition) is 4. The number of nitrogens with one attached hydrogen (secondary N) is 1. The molecule has 7 nitrogen and oxygen atoms in total. The molecule has 18 heavy (non-hydrogen) atoms. The first-order valence-electron chi connectivity index (χ1n) is 5.60. The van der Waals surface area contributed by atoms with Crippen molar-refractivity contribution in [2.75, 3.05) is 26.4 Å². The molecule has 0 aromatic carbocycles. The monoisotopic (exact) mass is 253 g/mol. The van der Waals surface area contributed by atoms with Crippen LogP contribution in [0, 0.1) is 13.8 Å². The molecule has 0 aliphatic heterocycles. The van der Waals surface area contributed by atoms with Crippen LogP contribution in [0.4, 0.5) is 5.69 Å². The van der Waals surface area contributed by atoms with Crippen molar-refractivity contribution in [2.45, 2.75) is 20.4 Å². The summed E-state index contributed by atoms with van der Waals surface area (Å²) in [6.45, 7) is 3.71. The molecule has 0 fully saturated rings. The third-order valence-corrected chi connectivity index (χ3v) is 2.81. The van der Waals surface area contributed by atoms with Gasteiger partial charge in [0.2, 0.25) is 11.8 Å². The topological polar surface area (TPSA) is 93.2 Å². The van der Waals surface area contributed by atoms with Gasteiger partial charge in [0.25, 0.3) is 0 Å². The van der Waals surface area contributed by atoms with Gasteiger partial charge in [-0.05, 0) is 13.8 Å². The van der Waals surface area contributed by atoms with Gasteiger partial charge in [0.05, 0.1) is 23.6 Å².